The second-order valence-electron chi connectivity index (χ2n) is 8.65. The normalized spacial score (nSPS) is 14.7. The van der Waals surface area contributed by atoms with Gasteiger partial charge in [0, 0.05) is 46.3 Å². The van der Waals surface area contributed by atoms with Crippen LogP contribution in [0.3, 0.4) is 0 Å². The van der Waals surface area contributed by atoms with Crippen molar-refractivity contribution in [2.45, 2.75) is 18.0 Å². The zero-order valence-corrected chi connectivity index (χ0v) is 20.7. The standard InChI is InChI=1S/C27H31N3O4S/c1-28(20-23-8-4-2-5-9-23)35(32,33)26-14-12-25(13-15-26)34-22-27(31)30-18-16-29(17-19-30)21-24-10-6-3-7-11-24/h2-15H,16-22H2,1H3. The van der Waals surface area contributed by atoms with Gasteiger partial charge in [0.1, 0.15) is 5.75 Å². The maximum atomic E-state index is 12.9. The van der Waals surface area contributed by atoms with Crippen LogP contribution < -0.4 is 4.74 Å². The van der Waals surface area contributed by atoms with E-state index in [2.05, 4.69) is 17.0 Å². The van der Waals surface area contributed by atoms with E-state index in [0.717, 1.165) is 25.2 Å². The van der Waals surface area contributed by atoms with Crippen LogP contribution in [0.25, 0.3) is 0 Å². The molecular weight excluding hydrogens is 462 g/mol. The van der Waals surface area contributed by atoms with Gasteiger partial charge in [-0.1, -0.05) is 60.7 Å². The molecule has 0 unspecified atom stereocenters. The zero-order valence-electron chi connectivity index (χ0n) is 19.9. The monoisotopic (exact) mass is 493 g/mol. The highest BCUT2D eigenvalue weighted by molar-refractivity contribution is 7.89. The highest BCUT2D eigenvalue weighted by Gasteiger charge is 2.23. The Bertz CT molecular complexity index is 1190. The minimum Gasteiger partial charge on any atom is -0.484 e. The van der Waals surface area contributed by atoms with Gasteiger partial charge in [0.25, 0.3) is 5.91 Å². The van der Waals surface area contributed by atoms with Crippen molar-refractivity contribution < 1.29 is 17.9 Å². The van der Waals surface area contributed by atoms with Gasteiger partial charge in [0.2, 0.25) is 10.0 Å². The highest BCUT2D eigenvalue weighted by atomic mass is 32.2. The molecular formula is C27H31N3O4S. The molecule has 3 aromatic rings. The van der Waals surface area contributed by atoms with Gasteiger partial charge >= 0.3 is 0 Å². The number of hydrogen-bond donors (Lipinski definition) is 0. The molecule has 0 spiro atoms. The Kier molecular flexibility index (Phi) is 8.17. The van der Waals surface area contributed by atoms with Crippen LogP contribution in [-0.2, 0) is 27.9 Å². The molecule has 184 valence electrons. The summed E-state index contributed by atoms with van der Waals surface area (Å²) < 4.78 is 32.7. The fraction of sp³-hybridized carbons (Fsp3) is 0.296. The molecule has 8 heteroatoms. The molecule has 1 heterocycles. The molecule has 0 N–H and O–H groups in total. The summed E-state index contributed by atoms with van der Waals surface area (Å²) in [5, 5.41) is 0. The van der Waals surface area contributed by atoms with Gasteiger partial charge in [-0.15, -0.1) is 0 Å². The van der Waals surface area contributed by atoms with Crippen LogP contribution in [0.4, 0.5) is 0 Å². The van der Waals surface area contributed by atoms with Crippen LogP contribution in [0.2, 0.25) is 0 Å². The first-order valence-electron chi connectivity index (χ1n) is 11.7. The van der Waals surface area contributed by atoms with Crippen molar-refractivity contribution in [3.05, 3.63) is 96.1 Å². The summed E-state index contributed by atoms with van der Waals surface area (Å²) in [6, 6.07) is 26.0. The Morgan fingerprint density at radius 2 is 1.40 bits per heavy atom. The lowest BCUT2D eigenvalue weighted by Crippen LogP contribution is -2.49. The summed E-state index contributed by atoms with van der Waals surface area (Å²) in [7, 11) is -2.07. The first kappa shape index (κ1) is 24.9. The number of sulfonamides is 1. The van der Waals surface area contributed by atoms with Gasteiger partial charge in [0.05, 0.1) is 4.90 Å². The van der Waals surface area contributed by atoms with Gasteiger partial charge < -0.3 is 9.64 Å². The molecule has 0 aliphatic carbocycles. The number of carbonyl (C=O) groups is 1. The molecule has 0 radical (unpaired) electrons. The van der Waals surface area contributed by atoms with Crippen LogP contribution >= 0.6 is 0 Å². The van der Waals surface area contributed by atoms with Gasteiger partial charge in [-0.2, -0.15) is 4.31 Å². The van der Waals surface area contributed by atoms with Gasteiger partial charge in [-0.25, -0.2) is 8.42 Å². The third-order valence-electron chi connectivity index (χ3n) is 6.12. The van der Waals surface area contributed by atoms with E-state index < -0.39 is 10.0 Å². The lowest BCUT2D eigenvalue weighted by molar-refractivity contribution is -0.135. The van der Waals surface area contributed by atoms with E-state index >= 15 is 0 Å². The molecule has 1 amide bonds. The third kappa shape index (κ3) is 6.69. The number of benzene rings is 3. The van der Waals surface area contributed by atoms with Crippen molar-refractivity contribution >= 4 is 15.9 Å². The fourth-order valence-electron chi connectivity index (χ4n) is 4.05. The lowest BCUT2D eigenvalue weighted by atomic mass is 10.2. The van der Waals surface area contributed by atoms with E-state index in [1.54, 1.807) is 19.2 Å². The van der Waals surface area contributed by atoms with Gasteiger partial charge in [-0.05, 0) is 35.4 Å². The highest BCUT2D eigenvalue weighted by Crippen LogP contribution is 2.20. The molecule has 1 saturated heterocycles. The second kappa shape index (κ2) is 11.5. The zero-order chi connectivity index (χ0) is 24.7. The molecule has 35 heavy (non-hydrogen) atoms. The Balaban J connectivity index is 1.25. The van der Waals surface area contributed by atoms with Crippen molar-refractivity contribution in [3.8, 4) is 5.75 Å². The van der Waals surface area contributed by atoms with E-state index in [1.807, 2.05) is 53.4 Å². The average Bonchev–Trinajstić information content (AvgIpc) is 2.89. The molecule has 0 bridgehead atoms. The SMILES string of the molecule is CN(Cc1ccccc1)S(=O)(=O)c1ccc(OCC(=O)N2CCN(Cc3ccccc3)CC2)cc1. The smallest absolute Gasteiger partial charge is 0.260 e. The number of hydrogen-bond acceptors (Lipinski definition) is 5. The summed E-state index contributed by atoms with van der Waals surface area (Å²) in [6.07, 6.45) is 0. The van der Waals surface area contributed by atoms with Crippen molar-refractivity contribution in [3.63, 3.8) is 0 Å². The number of ether oxygens (including phenoxy) is 1. The third-order valence-corrected chi connectivity index (χ3v) is 7.93. The van der Waals surface area contributed by atoms with Crippen LogP contribution in [0, 0.1) is 0 Å². The Morgan fingerprint density at radius 3 is 2.00 bits per heavy atom. The van der Waals surface area contributed by atoms with Crippen LogP contribution in [0.1, 0.15) is 11.1 Å². The molecule has 7 nitrogen and oxygen atoms in total. The maximum Gasteiger partial charge on any atom is 0.260 e. The minimum atomic E-state index is -3.63. The first-order chi connectivity index (χ1) is 16.9. The van der Waals surface area contributed by atoms with E-state index in [0.29, 0.717) is 18.8 Å². The summed E-state index contributed by atoms with van der Waals surface area (Å²) in [6.45, 7) is 4.08. The summed E-state index contributed by atoms with van der Waals surface area (Å²) in [5.41, 5.74) is 2.19. The molecule has 0 aromatic heterocycles. The average molecular weight is 494 g/mol. The van der Waals surface area contributed by atoms with Crippen molar-refractivity contribution in [1.29, 1.82) is 0 Å². The van der Waals surface area contributed by atoms with E-state index in [1.165, 1.54) is 22.0 Å². The van der Waals surface area contributed by atoms with Crippen molar-refractivity contribution in [2.24, 2.45) is 0 Å². The predicted octanol–water partition coefficient (Wildman–Crippen LogP) is 3.23. The topological polar surface area (TPSA) is 70.2 Å². The van der Waals surface area contributed by atoms with Gasteiger partial charge in [0.15, 0.2) is 6.61 Å². The van der Waals surface area contributed by atoms with Crippen LogP contribution in [0.15, 0.2) is 89.8 Å². The van der Waals surface area contributed by atoms with Crippen LogP contribution in [0.5, 0.6) is 5.75 Å². The minimum absolute atomic E-state index is 0.0661. The van der Waals surface area contributed by atoms with E-state index in [-0.39, 0.29) is 24.0 Å². The van der Waals surface area contributed by atoms with E-state index in [4.69, 9.17) is 4.74 Å². The number of piperazine rings is 1. The summed E-state index contributed by atoms with van der Waals surface area (Å²) >= 11 is 0. The predicted molar refractivity (Wildman–Crippen MR) is 135 cm³/mol. The Morgan fingerprint density at radius 1 is 0.829 bits per heavy atom. The summed E-state index contributed by atoms with van der Waals surface area (Å²) in [4.78, 5) is 16.9. The summed E-state index contributed by atoms with van der Waals surface area (Å²) in [5.74, 6) is 0.398. The van der Waals surface area contributed by atoms with Crippen molar-refractivity contribution in [2.75, 3.05) is 39.8 Å². The number of carbonyl (C=O) groups excluding carboxylic acids is 1. The van der Waals surface area contributed by atoms with Gasteiger partial charge in [-0.3, -0.25) is 9.69 Å². The number of rotatable bonds is 9. The molecule has 0 saturated carbocycles. The quantitative estimate of drug-likeness (QED) is 0.458. The Labute approximate surface area is 207 Å². The molecule has 3 aromatic carbocycles. The molecule has 1 aliphatic heterocycles. The maximum absolute atomic E-state index is 12.9. The number of nitrogens with zero attached hydrogens (tertiary/aromatic N) is 3. The molecule has 1 fully saturated rings. The van der Waals surface area contributed by atoms with Crippen LogP contribution in [-0.4, -0.2) is 68.3 Å². The van der Waals surface area contributed by atoms with Crippen molar-refractivity contribution in [1.82, 2.24) is 14.1 Å². The molecule has 1 aliphatic rings. The first-order valence-corrected chi connectivity index (χ1v) is 13.1. The van der Waals surface area contributed by atoms with E-state index in [9.17, 15) is 13.2 Å². The lowest BCUT2D eigenvalue weighted by Gasteiger charge is -2.34. The largest absolute Gasteiger partial charge is 0.484 e. The number of amides is 1. The fourth-order valence-corrected chi connectivity index (χ4v) is 5.21. The second-order valence-corrected chi connectivity index (χ2v) is 10.7. The molecule has 0 atom stereocenters. The Hall–Kier alpha value is -3.20. The molecule has 4 rings (SSSR count).